The molecule has 0 saturated heterocycles. The van der Waals surface area contributed by atoms with E-state index in [1.807, 2.05) is 18.2 Å². The van der Waals surface area contributed by atoms with Crippen molar-refractivity contribution in [3.8, 4) is 0 Å². The molecule has 0 amide bonds. The Labute approximate surface area is 134 Å². The first-order valence-corrected chi connectivity index (χ1v) is 8.07. The van der Waals surface area contributed by atoms with Crippen molar-refractivity contribution >= 4 is 34.5 Å². The zero-order valence-electron chi connectivity index (χ0n) is 11.8. The highest BCUT2D eigenvalue weighted by Gasteiger charge is 2.19. The minimum absolute atomic E-state index is 0.107. The molecule has 0 spiro atoms. The van der Waals surface area contributed by atoms with Crippen LogP contribution in [0, 0.1) is 0 Å². The SMILES string of the molecule is CC(C)(C)c1ccc(C(O)Cc2cccc(Cl)c2Cl)s1. The number of hydrogen-bond acceptors (Lipinski definition) is 2. The summed E-state index contributed by atoms with van der Waals surface area (Å²) in [6.45, 7) is 6.51. The molecule has 108 valence electrons. The van der Waals surface area contributed by atoms with Gasteiger partial charge in [-0.25, -0.2) is 0 Å². The Kier molecular flexibility index (Phi) is 4.80. The molecule has 0 aliphatic heterocycles. The van der Waals surface area contributed by atoms with Gasteiger partial charge >= 0.3 is 0 Å². The molecule has 0 bridgehead atoms. The molecule has 20 heavy (non-hydrogen) atoms. The van der Waals surface area contributed by atoms with Crippen LogP contribution in [0.25, 0.3) is 0 Å². The van der Waals surface area contributed by atoms with E-state index in [0.29, 0.717) is 16.5 Å². The Hall–Kier alpha value is -0.540. The summed E-state index contributed by atoms with van der Waals surface area (Å²) in [6, 6.07) is 9.58. The van der Waals surface area contributed by atoms with Gasteiger partial charge in [0, 0.05) is 16.2 Å². The molecule has 1 atom stereocenters. The highest BCUT2D eigenvalue weighted by atomic mass is 35.5. The van der Waals surface area contributed by atoms with Gasteiger partial charge in [0.15, 0.2) is 0 Å². The van der Waals surface area contributed by atoms with Crippen LogP contribution in [0.5, 0.6) is 0 Å². The van der Waals surface area contributed by atoms with E-state index in [1.54, 1.807) is 17.4 Å². The number of aliphatic hydroxyl groups excluding tert-OH is 1. The number of rotatable bonds is 3. The Morgan fingerprint density at radius 3 is 2.45 bits per heavy atom. The molecule has 2 aromatic rings. The molecule has 1 heterocycles. The van der Waals surface area contributed by atoms with Gasteiger partial charge in [-0.15, -0.1) is 11.3 Å². The van der Waals surface area contributed by atoms with Crippen LogP contribution in [-0.2, 0) is 11.8 Å². The molecule has 0 radical (unpaired) electrons. The van der Waals surface area contributed by atoms with Crippen molar-refractivity contribution in [3.63, 3.8) is 0 Å². The first-order valence-electron chi connectivity index (χ1n) is 6.50. The third-order valence-electron chi connectivity index (χ3n) is 3.14. The summed E-state index contributed by atoms with van der Waals surface area (Å²) in [4.78, 5) is 2.23. The largest absolute Gasteiger partial charge is 0.387 e. The molecule has 2 rings (SSSR count). The molecule has 0 aliphatic rings. The second-order valence-corrected chi connectivity index (χ2v) is 7.79. The first-order chi connectivity index (χ1) is 9.29. The van der Waals surface area contributed by atoms with Crippen LogP contribution >= 0.6 is 34.5 Å². The minimum atomic E-state index is -0.549. The van der Waals surface area contributed by atoms with Crippen LogP contribution in [0.3, 0.4) is 0 Å². The Morgan fingerprint density at radius 1 is 1.15 bits per heavy atom. The zero-order chi connectivity index (χ0) is 14.9. The first kappa shape index (κ1) is 15.8. The molecule has 0 aliphatic carbocycles. The number of aliphatic hydroxyl groups is 1. The summed E-state index contributed by atoms with van der Waals surface area (Å²) in [5, 5.41) is 11.4. The summed E-state index contributed by atoms with van der Waals surface area (Å²) in [6.07, 6.45) is -0.0733. The van der Waals surface area contributed by atoms with Crippen molar-refractivity contribution in [2.75, 3.05) is 0 Å². The van der Waals surface area contributed by atoms with Crippen molar-refractivity contribution in [1.29, 1.82) is 0 Å². The van der Waals surface area contributed by atoms with Crippen LogP contribution in [0.2, 0.25) is 10.0 Å². The van der Waals surface area contributed by atoms with Gasteiger partial charge in [-0.1, -0.05) is 56.1 Å². The van der Waals surface area contributed by atoms with E-state index < -0.39 is 6.10 Å². The van der Waals surface area contributed by atoms with Crippen molar-refractivity contribution in [1.82, 2.24) is 0 Å². The van der Waals surface area contributed by atoms with Gasteiger partial charge in [-0.05, 0) is 29.2 Å². The number of benzene rings is 1. The topological polar surface area (TPSA) is 20.2 Å². The van der Waals surface area contributed by atoms with Crippen LogP contribution in [0.15, 0.2) is 30.3 Å². The minimum Gasteiger partial charge on any atom is -0.387 e. The highest BCUT2D eigenvalue weighted by molar-refractivity contribution is 7.12. The molecule has 1 unspecified atom stereocenters. The Balaban J connectivity index is 2.18. The quantitative estimate of drug-likeness (QED) is 0.774. The predicted octanol–water partition coefficient (Wildman–Crippen LogP) is 5.63. The lowest BCUT2D eigenvalue weighted by Crippen LogP contribution is -2.08. The summed E-state index contributed by atoms with van der Waals surface area (Å²) < 4.78 is 0. The third kappa shape index (κ3) is 3.56. The maximum absolute atomic E-state index is 10.4. The smallest absolute Gasteiger partial charge is 0.0922 e. The fourth-order valence-corrected chi connectivity index (χ4v) is 3.40. The van der Waals surface area contributed by atoms with E-state index in [0.717, 1.165) is 10.4 Å². The second-order valence-electron chi connectivity index (χ2n) is 5.88. The van der Waals surface area contributed by atoms with Gasteiger partial charge in [-0.2, -0.15) is 0 Å². The van der Waals surface area contributed by atoms with E-state index in [2.05, 4.69) is 26.8 Å². The lowest BCUT2D eigenvalue weighted by molar-refractivity contribution is 0.182. The summed E-state index contributed by atoms with van der Waals surface area (Å²) >= 11 is 13.8. The van der Waals surface area contributed by atoms with Crippen LogP contribution in [-0.4, -0.2) is 5.11 Å². The molecule has 1 aromatic heterocycles. The van der Waals surface area contributed by atoms with Gasteiger partial charge in [0.2, 0.25) is 0 Å². The third-order valence-corrected chi connectivity index (χ3v) is 5.61. The van der Waals surface area contributed by atoms with Crippen LogP contribution in [0.4, 0.5) is 0 Å². The van der Waals surface area contributed by atoms with Gasteiger partial charge < -0.3 is 5.11 Å². The maximum Gasteiger partial charge on any atom is 0.0922 e. The molecule has 0 fully saturated rings. The van der Waals surface area contributed by atoms with Crippen molar-refractivity contribution < 1.29 is 5.11 Å². The number of halogens is 2. The van der Waals surface area contributed by atoms with Gasteiger partial charge in [-0.3, -0.25) is 0 Å². The van der Waals surface area contributed by atoms with Crippen LogP contribution < -0.4 is 0 Å². The van der Waals surface area contributed by atoms with Gasteiger partial charge in [0.25, 0.3) is 0 Å². The summed E-state index contributed by atoms with van der Waals surface area (Å²) in [5.41, 5.74) is 0.980. The average molecular weight is 329 g/mol. The van der Waals surface area contributed by atoms with Gasteiger partial charge in [0.1, 0.15) is 0 Å². The lowest BCUT2D eigenvalue weighted by Gasteiger charge is -2.16. The standard InChI is InChI=1S/C16H18Cl2OS/c1-16(2,3)14-8-7-13(20-14)12(19)9-10-5-4-6-11(17)15(10)18/h4-8,12,19H,9H2,1-3H3. The summed E-state index contributed by atoms with van der Waals surface area (Å²) in [7, 11) is 0. The van der Waals surface area contributed by atoms with E-state index in [4.69, 9.17) is 23.2 Å². The van der Waals surface area contributed by atoms with Gasteiger partial charge in [0.05, 0.1) is 16.1 Å². The molecule has 0 saturated carbocycles. The Morgan fingerprint density at radius 2 is 1.85 bits per heavy atom. The molecule has 1 nitrogen and oxygen atoms in total. The van der Waals surface area contributed by atoms with Crippen LogP contribution in [0.1, 0.15) is 42.2 Å². The second kappa shape index (κ2) is 6.07. The van der Waals surface area contributed by atoms with Crippen molar-refractivity contribution in [2.24, 2.45) is 0 Å². The number of hydrogen-bond donors (Lipinski definition) is 1. The zero-order valence-corrected chi connectivity index (χ0v) is 14.1. The van der Waals surface area contributed by atoms with E-state index >= 15 is 0 Å². The van der Waals surface area contributed by atoms with Crippen molar-refractivity contribution in [2.45, 2.75) is 38.7 Å². The summed E-state index contributed by atoms with van der Waals surface area (Å²) in [5.74, 6) is 0. The predicted molar refractivity (Wildman–Crippen MR) is 88.1 cm³/mol. The monoisotopic (exact) mass is 328 g/mol. The fraction of sp³-hybridized carbons (Fsp3) is 0.375. The lowest BCUT2D eigenvalue weighted by atomic mass is 9.95. The van der Waals surface area contributed by atoms with E-state index in [-0.39, 0.29) is 5.41 Å². The number of thiophene rings is 1. The fourth-order valence-electron chi connectivity index (χ4n) is 1.95. The highest BCUT2D eigenvalue weighted by Crippen LogP contribution is 2.35. The van der Waals surface area contributed by atoms with E-state index in [1.165, 1.54) is 4.88 Å². The molecule has 1 aromatic carbocycles. The molecule has 1 N–H and O–H groups in total. The molecular weight excluding hydrogens is 311 g/mol. The molecular formula is C16H18Cl2OS. The van der Waals surface area contributed by atoms with E-state index in [9.17, 15) is 5.11 Å². The maximum atomic E-state index is 10.4. The van der Waals surface area contributed by atoms with Crippen molar-refractivity contribution in [3.05, 3.63) is 55.7 Å². The normalized spacial score (nSPS) is 13.5. The average Bonchev–Trinajstić information content (AvgIpc) is 2.84. The Bertz CT molecular complexity index is 599. The molecule has 4 heteroatoms.